The third-order valence-corrected chi connectivity index (χ3v) is 3.39. The molecule has 3 rings (SSSR count). The Morgan fingerprint density at radius 1 is 1.10 bits per heavy atom. The quantitative estimate of drug-likeness (QED) is 0.803. The molecule has 0 saturated heterocycles. The van der Waals surface area contributed by atoms with Gasteiger partial charge in [0.1, 0.15) is 11.5 Å². The van der Waals surface area contributed by atoms with Gasteiger partial charge in [0, 0.05) is 12.1 Å². The lowest BCUT2D eigenvalue weighted by molar-refractivity contribution is 0.628. The fourth-order valence-corrected chi connectivity index (χ4v) is 2.32. The molecule has 0 spiro atoms. The van der Waals surface area contributed by atoms with Gasteiger partial charge < -0.3 is 5.73 Å². The summed E-state index contributed by atoms with van der Waals surface area (Å²) in [4.78, 5) is 0. The van der Waals surface area contributed by atoms with E-state index < -0.39 is 0 Å². The Morgan fingerprint density at radius 3 is 2.48 bits per heavy atom. The fraction of sp³-hybridized carbons (Fsp3) is 0.125. The molecule has 2 aromatic carbocycles. The van der Waals surface area contributed by atoms with E-state index in [0.29, 0.717) is 5.69 Å². The van der Waals surface area contributed by atoms with Gasteiger partial charge in [-0.3, -0.25) is 0 Å². The van der Waals surface area contributed by atoms with Crippen LogP contribution < -0.4 is 5.73 Å². The van der Waals surface area contributed by atoms with Gasteiger partial charge in [0.2, 0.25) is 0 Å². The van der Waals surface area contributed by atoms with Crippen LogP contribution in [-0.4, -0.2) is 15.0 Å². The van der Waals surface area contributed by atoms with Gasteiger partial charge >= 0.3 is 0 Å². The molecule has 4 nitrogen and oxygen atoms in total. The zero-order valence-electron chi connectivity index (χ0n) is 11.6. The first-order valence-electron chi connectivity index (χ1n) is 6.67. The third kappa shape index (κ3) is 2.43. The number of aryl methyl sites for hydroxylation is 1. The first-order valence-corrected chi connectivity index (χ1v) is 6.67. The highest BCUT2D eigenvalue weighted by Gasteiger charge is 2.16. The number of hydrogen-bond donors (Lipinski definition) is 1. The monoisotopic (exact) mass is 282 g/mol. The van der Waals surface area contributed by atoms with Gasteiger partial charge in [0.05, 0.1) is 11.4 Å². The van der Waals surface area contributed by atoms with Gasteiger partial charge in [-0.2, -0.15) is 0 Å². The van der Waals surface area contributed by atoms with E-state index >= 15 is 0 Å². The number of halogens is 1. The second-order valence-corrected chi connectivity index (χ2v) is 4.79. The van der Waals surface area contributed by atoms with Crippen molar-refractivity contribution in [3.05, 3.63) is 65.6 Å². The van der Waals surface area contributed by atoms with Crippen LogP contribution in [0.2, 0.25) is 0 Å². The lowest BCUT2D eigenvalue weighted by atomic mass is 10.1. The maximum atomic E-state index is 13.1. The highest BCUT2D eigenvalue weighted by atomic mass is 19.1. The normalized spacial score (nSPS) is 10.8. The van der Waals surface area contributed by atoms with Crippen LogP contribution in [-0.2, 0) is 6.54 Å². The van der Waals surface area contributed by atoms with E-state index in [0.717, 1.165) is 22.5 Å². The van der Waals surface area contributed by atoms with Crippen LogP contribution in [0.1, 0.15) is 11.3 Å². The van der Waals surface area contributed by atoms with E-state index in [-0.39, 0.29) is 12.4 Å². The summed E-state index contributed by atoms with van der Waals surface area (Å²) in [5, 5.41) is 8.35. The lowest BCUT2D eigenvalue weighted by Gasteiger charge is -2.10. The molecule has 0 bridgehead atoms. The van der Waals surface area contributed by atoms with Crippen LogP contribution in [0.15, 0.2) is 48.5 Å². The summed E-state index contributed by atoms with van der Waals surface area (Å²) in [5.74, 6) is -0.275. The molecule has 1 heterocycles. The molecular weight excluding hydrogens is 267 g/mol. The highest BCUT2D eigenvalue weighted by molar-refractivity contribution is 5.64. The Bertz CT molecular complexity index is 762. The summed E-state index contributed by atoms with van der Waals surface area (Å²) in [6.45, 7) is 2.28. The third-order valence-electron chi connectivity index (χ3n) is 3.39. The number of nitrogens with zero attached hydrogens (tertiary/aromatic N) is 3. The zero-order chi connectivity index (χ0) is 14.8. The summed E-state index contributed by atoms with van der Waals surface area (Å²) in [7, 11) is 0. The molecule has 2 N–H and O–H groups in total. The molecular formula is C16H15FN4. The molecule has 0 radical (unpaired) electrons. The Balaban J connectivity index is 2.22. The van der Waals surface area contributed by atoms with Crippen LogP contribution in [0.4, 0.5) is 4.39 Å². The molecule has 0 saturated carbocycles. The fourth-order valence-electron chi connectivity index (χ4n) is 2.32. The van der Waals surface area contributed by atoms with Crippen LogP contribution >= 0.6 is 0 Å². The van der Waals surface area contributed by atoms with E-state index in [1.165, 1.54) is 12.1 Å². The standard InChI is InChI=1S/C16H15FN4/c1-11-4-2-3-5-15(11)21-16(14(10-18)19-20-21)12-6-8-13(17)9-7-12/h2-9H,10,18H2,1H3. The minimum Gasteiger partial charge on any atom is -0.325 e. The smallest absolute Gasteiger partial charge is 0.123 e. The number of aromatic nitrogens is 3. The van der Waals surface area contributed by atoms with Gasteiger partial charge in [0.25, 0.3) is 0 Å². The summed E-state index contributed by atoms with van der Waals surface area (Å²) in [5.41, 5.74) is 10.1. The van der Waals surface area contributed by atoms with Crippen LogP contribution in [0, 0.1) is 12.7 Å². The average molecular weight is 282 g/mol. The predicted octanol–water partition coefficient (Wildman–Crippen LogP) is 2.84. The molecule has 106 valence electrons. The van der Waals surface area contributed by atoms with Crippen molar-refractivity contribution in [1.29, 1.82) is 0 Å². The summed E-state index contributed by atoms with van der Waals surface area (Å²) in [6.07, 6.45) is 0. The van der Waals surface area contributed by atoms with Crippen LogP contribution in [0.5, 0.6) is 0 Å². The van der Waals surface area contributed by atoms with Gasteiger partial charge in [-0.25, -0.2) is 9.07 Å². The van der Waals surface area contributed by atoms with E-state index in [9.17, 15) is 4.39 Å². The maximum Gasteiger partial charge on any atom is 0.123 e. The van der Waals surface area contributed by atoms with Gasteiger partial charge in [0.15, 0.2) is 0 Å². The second kappa shape index (κ2) is 5.46. The van der Waals surface area contributed by atoms with Crippen molar-refractivity contribution in [2.45, 2.75) is 13.5 Å². The first-order chi connectivity index (χ1) is 10.2. The Morgan fingerprint density at radius 2 is 1.81 bits per heavy atom. The van der Waals surface area contributed by atoms with Crippen molar-refractivity contribution in [2.75, 3.05) is 0 Å². The topological polar surface area (TPSA) is 56.7 Å². The molecule has 0 aliphatic carbocycles. The molecule has 0 atom stereocenters. The van der Waals surface area contributed by atoms with Gasteiger partial charge in [-0.15, -0.1) is 5.10 Å². The Hall–Kier alpha value is -2.53. The van der Waals surface area contributed by atoms with Crippen molar-refractivity contribution in [2.24, 2.45) is 5.73 Å². The summed E-state index contributed by atoms with van der Waals surface area (Å²) < 4.78 is 14.9. The van der Waals surface area contributed by atoms with Crippen molar-refractivity contribution >= 4 is 0 Å². The summed E-state index contributed by atoms with van der Waals surface area (Å²) in [6, 6.07) is 14.2. The van der Waals surface area contributed by atoms with Crippen LogP contribution in [0.3, 0.4) is 0 Å². The Kier molecular flexibility index (Phi) is 3.50. The number of benzene rings is 2. The minimum atomic E-state index is -0.275. The first kappa shape index (κ1) is 13.5. The SMILES string of the molecule is Cc1ccccc1-n1nnc(CN)c1-c1ccc(F)cc1. The van der Waals surface area contributed by atoms with E-state index in [1.807, 2.05) is 31.2 Å². The minimum absolute atomic E-state index is 0.275. The lowest BCUT2D eigenvalue weighted by Crippen LogP contribution is -2.04. The van der Waals surface area contributed by atoms with Crippen LogP contribution in [0.25, 0.3) is 16.9 Å². The molecule has 0 fully saturated rings. The molecule has 1 aromatic heterocycles. The maximum absolute atomic E-state index is 13.1. The average Bonchev–Trinajstić information content (AvgIpc) is 2.92. The van der Waals surface area contributed by atoms with E-state index in [2.05, 4.69) is 10.3 Å². The second-order valence-electron chi connectivity index (χ2n) is 4.79. The van der Waals surface area contributed by atoms with E-state index in [4.69, 9.17) is 5.73 Å². The molecule has 5 heteroatoms. The van der Waals surface area contributed by atoms with Gasteiger partial charge in [-0.1, -0.05) is 23.4 Å². The number of para-hydroxylation sites is 1. The van der Waals surface area contributed by atoms with Crippen molar-refractivity contribution in [3.8, 4) is 16.9 Å². The largest absolute Gasteiger partial charge is 0.325 e. The highest BCUT2D eigenvalue weighted by Crippen LogP contribution is 2.26. The molecule has 21 heavy (non-hydrogen) atoms. The summed E-state index contributed by atoms with van der Waals surface area (Å²) >= 11 is 0. The van der Waals surface area contributed by atoms with Crippen molar-refractivity contribution in [3.63, 3.8) is 0 Å². The molecule has 0 amide bonds. The molecule has 0 aliphatic heterocycles. The van der Waals surface area contributed by atoms with Crippen molar-refractivity contribution < 1.29 is 4.39 Å². The molecule has 0 unspecified atom stereocenters. The molecule has 0 aliphatic rings. The Labute approximate surface area is 122 Å². The number of nitrogens with two attached hydrogens (primary N) is 1. The van der Waals surface area contributed by atoms with E-state index in [1.54, 1.807) is 16.8 Å². The van der Waals surface area contributed by atoms with Gasteiger partial charge in [-0.05, 0) is 42.8 Å². The van der Waals surface area contributed by atoms with Crippen molar-refractivity contribution in [1.82, 2.24) is 15.0 Å². The zero-order valence-corrected chi connectivity index (χ0v) is 11.6. The molecule has 3 aromatic rings. The number of hydrogen-bond acceptors (Lipinski definition) is 3. The number of rotatable bonds is 3. The predicted molar refractivity (Wildman–Crippen MR) is 79.4 cm³/mol.